The number of hydrogen-bond acceptors (Lipinski definition) is 9. The smallest absolute Gasteiger partial charge is 0.260 e. The van der Waals surface area contributed by atoms with Crippen LogP contribution in [0.15, 0.2) is 87.7 Å². The Morgan fingerprint density at radius 3 is 0.946 bits per heavy atom. The molecule has 0 spiro atoms. The topological polar surface area (TPSA) is 90.2 Å². The van der Waals surface area contributed by atoms with Gasteiger partial charge in [-0.3, -0.25) is 4.79 Å². The molecule has 0 unspecified atom stereocenters. The molecule has 4 aromatic carbocycles. The van der Waals surface area contributed by atoms with Crippen LogP contribution in [0.4, 0.5) is 0 Å². The van der Waals surface area contributed by atoms with Crippen molar-refractivity contribution in [2.45, 2.75) is 158 Å². The molecule has 3 N–H and O–H groups in total. The maximum Gasteiger partial charge on any atom is 0.260 e. The molecule has 1 aliphatic heterocycles. The molecule has 0 aromatic heterocycles. The lowest BCUT2D eigenvalue weighted by Gasteiger charge is -2.27. The first kappa shape index (κ1) is 44.1. The molecular weight excluding hydrogens is 775 g/mol. The van der Waals surface area contributed by atoms with Gasteiger partial charge in [0.1, 0.15) is 23.0 Å². The zero-order valence-electron chi connectivity index (χ0n) is 35.5. The third-order valence-electron chi connectivity index (χ3n) is 9.94. The van der Waals surface area contributed by atoms with E-state index in [1.807, 2.05) is 50.2 Å². The van der Waals surface area contributed by atoms with Gasteiger partial charge in [0.25, 0.3) is 5.91 Å². The Labute approximate surface area is 352 Å². The number of hydrogen-bond donors (Lipinski definition) is 3. The number of fused-ring (bicyclic) bond motifs is 8. The fraction of sp³-hybridized carbons (Fsp3) is 0.457. The lowest BCUT2D eigenvalue weighted by atomic mass is 9.87. The minimum Gasteiger partial charge on any atom is -0.506 e. The van der Waals surface area contributed by atoms with Gasteiger partial charge in [-0.1, -0.05) is 130 Å². The molecule has 10 heteroatoms. The zero-order chi connectivity index (χ0) is 41.7. The van der Waals surface area contributed by atoms with Crippen molar-refractivity contribution in [3.05, 3.63) is 70.8 Å². The van der Waals surface area contributed by atoms with E-state index in [4.69, 9.17) is 4.74 Å². The summed E-state index contributed by atoms with van der Waals surface area (Å²) >= 11 is 5.48. The molecule has 0 radical (unpaired) electrons. The molecule has 0 saturated carbocycles. The Morgan fingerprint density at radius 2 is 0.714 bits per heavy atom. The molecule has 302 valence electrons. The first-order chi connectivity index (χ1) is 25.8. The highest BCUT2D eigenvalue weighted by Crippen LogP contribution is 2.55. The molecule has 0 aliphatic carbocycles. The summed E-state index contributed by atoms with van der Waals surface area (Å²) in [7, 11) is 0. The third-order valence-corrected chi connectivity index (χ3v) is 14.2. The first-order valence-electron chi connectivity index (χ1n) is 19.2. The van der Waals surface area contributed by atoms with E-state index in [1.165, 1.54) is 47.0 Å². The number of phenolic OH excluding ortho intramolecular Hbond substituents is 3. The second-order valence-corrected chi connectivity index (χ2v) is 22.9. The standard InChI is InChI=1S/C46H59NO5S4/c1-15-47(16-2)38(48)25-52-42-36-23-29(46(12,13)14)24-37(42)56-35-22-28(45(9,10)11)20-33(41(35)51)54-31-18-26(43(3,4)5)17-30(39(31)49)53-32-19-27(44(6,7)8)21-34(55-36)40(32)50/h17-24,49-51H,15-16,25H2,1-14H3. The molecule has 0 fully saturated rings. The van der Waals surface area contributed by atoms with Crippen molar-refractivity contribution in [2.75, 3.05) is 19.7 Å². The molecule has 6 nitrogen and oxygen atoms in total. The lowest BCUT2D eigenvalue weighted by Crippen LogP contribution is -2.34. The number of amides is 1. The van der Waals surface area contributed by atoms with Crippen molar-refractivity contribution in [1.82, 2.24) is 4.90 Å². The van der Waals surface area contributed by atoms with E-state index in [9.17, 15) is 20.1 Å². The minimum absolute atomic E-state index is 0.0956. The van der Waals surface area contributed by atoms with Crippen LogP contribution >= 0.6 is 47.0 Å². The van der Waals surface area contributed by atoms with Crippen molar-refractivity contribution in [3.63, 3.8) is 0 Å². The summed E-state index contributed by atoms with van der Waals surface area (Å²) < 4.78 is 6.60. The zero-order valence-corrected chi connectivity index (χ0v) is 38.7. The SMILES string of the molecule is CCN(CC)C(=O)COc1c2cc(C(C)(C)C)cc1Sc1cc(C(C)(C)C)cc(c1O)Sc1cc(C(C)(C)C)cc(c1O)Sc1cc(C(C)(C)C)cc(c1O)S2. The largest absolute Gasteiger partial charge is 0.506 e. The van der Waals surface area contributed by atoms with Crippen LogP contribution in [0.3, 0.4) is 0 Å². The normalized spacial score (nSPS) is 13.8. The number of carbonyl (C=O) groups is 1. The Bertz CT molecular complexity index is 2010. The second-order valence-electron chi connectivity index (χ2n) is 18.5. The van der Waals surface area contributed by atoms with Gasteiger partial charge >= 0.3 is 0 Å². The van der Waals surface area contributed by atoms with E-state index in [0.717, 1.165) is 32.0 Å². The molecule has 56 heavy (non-hydrogen) atoms. The molecule has 1 amide bonds. The van der Waals surface area contributed by atoms with Gasteiger partial charge in [-0.2, -0.15) is 0 Å². The first-order valence-corrected chi connectivity index (χ1v) is 22.5. The Balaban J connectivity index is 1.90. The average Bonchev–Trinajstić information content (AvgIpc) is 3.07. The fourth-order valence-electron chi connectivity index (χ4n) is 6.09. The fourth-order valence-corrected chi connectivity index (χ4v) is 10.5. The number of carbonyl (C=O) groups excluding carboxylic acids is 1. The Hall–Kier alpha value is -3.05. The van der Waals surface area contributed by atoms with E-state index in [1.54, 1.807) is 4.90 Å². The van der Waals surface area contributed by atoms with Crippen LogP contribution in [0.2, 0.25) is 0 Å². The molecular formula is C46H59NO5S4. The molecule has 5 rings (SSSR count). The Morgan fingerprint density at radius 1 is 0.482 bits per heavy atom. The Kier molecular flexibility index (Phi) is 12.8. The third kappa shape index (κ3) is 9.79. The van der Waals surface area contributed by atoms with Crippen molar-refractivity contribution in [3.8, 4) is 23.0 Å². The summed E-state index contributed by atoms with van der Waals surface area (Å²) in [5.74, 6) is 0.703. The van der Waals surface area contributed by atoms with E-state index < -0.39 is 0 Å². The van der Waals surface area contributed by atoms with Crippen LogP contribution in [-0.4, -0.2) is 45.8 Å². The molecule has 4 aromatic rings. The predicted molar refractivity (Wildman–Crippen MR) is 235 cm³/mol. The van der Waals surface area contributed by atoms with Crippen LogP contribution in [0.1, 0.15) is 119 Å². The van der Waals surface area contributed by atoms with Crippen LogP contribution < -0.4 is 4.74 Å². The number of rotatable bonds is 5. The summed E-state index contributed by atoms with van der Waals surface area (Å²) in [6.07, 6.45) is 0. The van der Waals surface area contributed by atoms with Crippen molar-refractivity contribution >= 4 is 53.0 Å². The van der Waals surface area contributed by atoms with Crippen LogP contribution in [0.5, 0.6) is 23.0 Å². The summed E-state index contributed by atoms with van der Waals surface area (Å²) in [6.45, 7) is 30.7. The van der Waals surface area contributed by atoms with Gasteiger partial charge in [-0.05, 0) is 106 Å². The maximum atomic E-state index is 13.4. The van der Waals surface area contributed by atoms with Gasteiger partial charge in [0, 0.05) is 13.1 Å². The summed E-state index contributed by atoms with van der Waals surface area (Å²) in [6, 6.07) is 16.3. The van der Waals surface area contributed by atoms with Crippen LogP contribution in [0.25, 0.3) is 0 Å². The molecule has 0 atom stereocenters. The lowest BCUT2D eigenvalue weighted by molar-refractivity contribution is -0.133. The number of likely N-dealkylation sites (N-methyl/N-ethyl adjacent to an activating group) is 1. The van der Waals surface area contributed by atoms with E-state index in [0.29, 0.717) is 48.2 Å². The number of ether oxygens (including phenoxy) is 1. The van der Waals surface area contributed by atoms with Gasteiger partial charge in [-0.15, -0.1) is 0 Å². The molecule has 1 heterocycles. The number of aromatic hydroxyl groups is 3. The number of phenols is 3. The van der Waals surface area contributed by atoms with Crippen molar-refractivity contribution in [1.29, 1.82) is 0 Å². The van der Waals surface area contributed by atoms with Gasteiger partial charge in [0.15, 0.2) is 6.61 Å². The van der Waals surface area contributed by atoms with Crippen LogP contribution in [0, 0.1) is 0 Å². The molecule has 8 bridgehead atoms. The highest BCUT2D eigenvalue weighted by Gasteiger charge is 2.29. The molecule has 0 saturated heterocycles. The number of benzene rings is 4. The highest BCUT2D eigenvalue weighted by atomic mass is 32.2. The van der Waals surface area contributed by atoms with E-state index in [2.05, 4.69) is 95.2 Å². The van der Waals surface area contributed by atoms with Crippen LogP contribution in [-0.2, 0) is 26.5 Å². The van der Waals surface area contributed by atoms with Crippen molar-refractivity contribution in [2.24, 2.45) is 0 Å². The summed E-state index contributed by atoms with van der Waals surface area (Å²) in [4.78, 5) is 20.4. The van der Waals surface area contributed by atoms with Gasteiger partial charge in [0.05, 0.1) is 39.2 Å². The van der Waals surface area contributed by atoms with E-state index >= 15 is 0 Å². The molecule has 1 aliphatic rings. The minimum atomic E-state index is -0.265. The highest BCUT2D eigenvalue weighted by molar-refractivity contribution is 8.01. The van der Waals surface area contributed by atoms with Gasteiger partial charge in [-0.25, -0.2) is 0 Å². The quantitative estimate of drug-likeness (QED) is 0.160. The number of nitrogens with zero attached hydrogens (tertiary/aromatic N) is 1. The average molecular weight is 834 g/mol. The predicted octanol–water partition coefficient (Wildman–Crippen LogP) is 13.2. The van der Waals surface area contributed by atoms with Gasteiger partial charge < -0.3 is 25.0 Å². The van der Waals surface area contributed by atoms with Gasteiger partial charge in [0.2, 0.25) is 0 Å². The summed E-state index contributed by atoms with van der Waals surface area (Å²) in [5, 5.41) is 36.4. The summed E-state index contributed by atoms with van der Waals surface area (Å²) in [5.41, 5.74) is 3.09. The maximum absolute atomic E-state index is 13.4. The van der Waals surface area contributed by atoms with E-state index in [-0.39, 0.29) is 51.4 Å². The second kappa shape index (κ2) is 16.3. The van der Waals surface area contributed by atoms with Crippen molar-refractivity contribution < 1.29 is 24.9 Å². The monoisotopic (exact) mass is 833 g/mol.